The molecule has 0 fully saturated rings. The minimum atomic E-state index is -4.98. The van der Waals surface area contributed by atoms with Gasteiger partial charge in [-0.2, -0.15) is 13.2 Å². The van der Waals surface area contributed by atoms with Crippen molar-refractivity contribution in [3.8, 4) is 0 Å². The first-order valence-electron chi connectivity index (χ1n) is 7.87. The number of rotatable bonds is 8. The average molecular weight is 412 g/mol. The molecule has 2 rings (SSSR count). The lowest BCUT2D eigenvalue weighted by atomic mass is 10.2. The molecule has 0 bridgehead atoms. The van der Waals surface area contributed by atoms with E-state index in [0.717, 1.165) is 11.1 Å². The van der Waals surface area contributed by atoms with Gasteiger partial charge in [-0.15, -0.1) is 11.3 Å². The van der Waals surface area contributed by atoms with Crippen LogP contribution in [-0.2, 0) is 20.9 Å². The van der Waals surface area contributed by atoms with Crippen molar-refractivity contribution >= 4 is 34.7 Å². The first kappa shape index (κ1) is 21.2. The third kappa shape index (κ3) is 6.54. The van der Waals surface area contributed by atoms with Gasteiger partial charge in [0.2, 0.25) is 0 Å². The van der Waals surface area contributed by atoms with Gasteiger partial charge in [0, 0.05) is 17.2 Å². The quantitative estimate of drug-likeness (QED) is 0.514. The average Bonchev–Trinajstić information content (AvgIpc) is 3.17. The summed E-state index contributed by atoms with van der Waals surface area (Å²) < 4.78 is 41.4. The SMILES string of the molecule is O=C(COC(=O)c1ccccc1N/C=C/C(=O)C(F)(F)F)NCc1cccs1. The van der Waals surface area contributed by atoms with Crippen LogP contribution in [0.25, 0.3) is 0 Å². The zero-order valence-corrected chi connectivity index (χ0v) is 15.1. The predicted octanol–water partition coefficient (Wildman–Crippen LogP) is 3.28. The molecule has 0 aliphatic carbocycles. The molecule has 0 aliphatic rings. The van der Waals surface area contributed by atoms with Crippen molar-refractivity contribution < 1.29 is 32.3 Å². The molecule has 0 atom stereocenters. The molecule has 28 heavy (non-hydrogen) atoms. The molecule has 148 valence electrons. The van der Waals surface area contributed by atoms with E-state index in [-0.39, 0.29) is 11.3 Å². The molecule has 6 nitrogen and oxygen atoms in total. The third-order valence-electron chi connectivity index (χ3n) is 3.27. The monoisotopic (exact) mass is 412 g/mol. The van der Waals surface area contributed by atoms with Crippen molar-refractivity contribution in [1.29, 1.82) is 0 Å². The van der Waals surface area contributed by atoms with Gasteiger partial charge in [0.1, 0.15) is 0 Å². The van der Waals surface area contributed by atoms with E-state index in [1.54, 1.807) is 0 Å². The van der Waals surface area contributed by atoms with Gasteiger partial charge in [0.15, 0.2) is 6.61 Å². The highest BCUT2D eigenvalue weighted by Crippen LogP contribution is 2.18. The van der Waals surface area contributed by atoms with E-state index >= 15 is 0 Å². The fourth-order valence-corrected chi connectivity index (χ4v) is 2.59. The van der Waals surface area contributed by atoms with Gasteiger partial charge in [0.05, 0.1) is 17.8 Å². The summed E-state index contributed by atoms with van der Waals surface area (Å²) in [7, 11) is 0. The van der Waals surface area contributed by atoms with Crippen LogP contribution < -0.4 is 10.6 Å². The molecule has 1 aromatic carbocycles. The fourth-order valence-electron chi connectivity index (χ4n) is 1.95. The van der Waals surface area contributed by atoms with Gasteiger partial charge in [-0.25, -0.2) is 4.79 Å². The number of esters is 1. The topological polar surface area (TPSA) is 84.5 Å². The number of carbonyl (C=O) groups excluding carboxylic acids is 3. The number of halogens is 3. The highest BCUT2D eigenvalue weighted by Gasteiger charge is 2.36. The number of ether oxygens (including phenoxy) is 1. The van der Waals surface area contributed by atoms with Crippen LogP contribution in [-0.4, -0.2) is 30.4 Å². The number of benzene rings is 1. The number of nitrogens with one attached hydrogen (secondary N) is 2. The van der Waals surface area contributed by atoms with E-state index in [2.05, 4.69) is 10.6 Å². The number of hydrogen-bond donors (Lipinski definition) is 2. The lowest BCUT2D eigenvalue weighted by molar-refractivity contribution is -0.165. The van der Waals surface area contributed by atoms with Crippen molar-refractivity contribution in [1.82, 2.24) is 5.32 Å². The highest BCUT2D eigenvalue weighted by molar-refractivity contribution is 7.09. The van der Waals surface area contributed by atoms with Crippen LogP contribution in [0, 0.1) is 0 Å². The maximum Gasteiger partial charge on any atom is 0.454 e. The lowest BCUT2D eigenvalue weighted by Crippen LogP contribution is -2.28. The highest BCUT2D eigenvalue weighted by atomic mass is 32.1. The van der Waals surface area contributed by atoms with E-state index < -0.39 is 30.4 Å². The minimum Gasteiger partial charge on any atom is -0.452 e. The Kier molecular flexibility index (Phi) is 7.33. The Morgan fingerprint density at radius 3 is 2.54 bits per heavy atom. The molecule has 1 amide bonds. The number of thiophene rings is 1. The fraction of sp³-hybridized carbons (Fsp3) is 0.167. The number of carbonyl (C=O) groups is 3. The third-order valence-corrected chi connectivity index (χ3v) is 4.15. The number of anilines is 1. The molecule has 10 heteroatoms. The van der Waals surface area contributed by atoms with Crippen molar-refractivity contribution in [2.24, 2.45) is 0 Å². The Morgan fingerprint density at radius 1 is 1.11 bits per heavy atom. The van der Waals surface area contributed by atoms with Crippen molar-refractivity contribution in [2.75, 3.05) is 11.9 Å². The Hall–Kier alpha value is -3.14. The molecular formula is C18H15F3N2O4S. The van der Waals surface area contributed by atoms with Crippen LogP contribution in [0.5, 0.6) is 0 Å². The minimum absolute atomic E-state index is 0.00216. The maximum atomic E-state index is 12.2. The van der Waals surface area contributed by atoms with Gasteiger partial charge >= 0.3 is 12.1 Å². The molecule has 0 aliphatic heterocycles. The van der Waals surface area contributed by atoms with Crippen molar-refractivity contribution in [3.05, 3.63) is 64.5 Å². The van der Waals surface area contributed by atoms with Gasteiger partial charge in [-0.3, -0.25) is 9.59 Å². The first-order valence-corrected chi connectivity index (χ1v) is 8.75. The molecule has 0 radical (unpaired) electrons. The molecule has 1 heterocycles. The van der Waals surface area contributed by atoms with Crippen molar-refractivity contribution in [3.63, 3.8) is 0 Å². The molecule has 2 aromatic rings. The number of allylic oxidation sites excluding steroid dienone is 1. The van der Waals surface area contributed by atoms with Crippen LogP contribution in [0.15, 0.2) is 54.1 Å². The summed E-state index contributed by atoms with van der Waals surface area (Å²) in [5.74, 6) is -3.38. The van der Waals surface area contributed by atoms with Gasteiger partial charge in [-0.1, -0.05) is 18.2 Å². The summed E-state index contributed by atoms with van der Waals surface area (Å²) in [6, 6.07) is 9.52. The summed E-state index contributed by atoms with van der Waals surface area (Å²) >= 11 is 1.47. The number of hydrogen-bond acceptors (Lipinski definition) is 6. The second-order valence-corrected chi connectivity index (χ2v) is 6.35. The first-order chi connectivity index (χ1) is 13.3. The number of alkyl halides is 3. The number of ketones is 1. The van der Waals surface area contributed by atoms with Crippen LogP contribution in [0.1, 0.15) is 15.2 Å². The number of amides is 1. The summed E-state index contributed by atoms with van der Waals surface area (Å²) in [6.45, 7) is -0.203. The van der Waals surface area contributed by atoms with Crippen molar-refractivity contribution in [2.45, 2.75) is 12.7 Å². The largest absolute Gasteiger partial charge is 0.454 e. The Balaban J connectivity index is 1.90. The van der Waals surface area contributed by atoms with Crippen LogP contribution in [0.4, 0.5) is 18.9 Å². The Bertz CT molecular complexity index is 864. The summed E-state index contributed by atoms with van der Waals surface area (Å²) in [4.78, 5) is 35.6. The Labute approximate surface area is 162 Å². The molecule has 0 unspecified atom stereocenters. The normalized spacial score (nSPS) is 11.2. The molecular weight excluding hydrogens is 397 g/mol. The lowest BCUT2D eigenvalue weighted by Gasteiger charge is -2.09. The van der Waals surface area contributed by atoms with E-state index in [9.17, 15) is 27.6 Å². The van der Waals surface area contributed by atoms with Crippen LogP contribution in [0.3, 0.4) is 0 Å². The van der Waals surface area contributed by atoms with E-state index in [0.29, 0.717) is 12.6 Å². The smallest absolute Gasteiger partial charge is 0.452 e. The molecule has 0 saturated heterocycles. The summed E-state index contributed by atoms with van der Waals surface area (Å²) in [5.41, 5.74) is 0.121. The zero-order chi connectivity index (χ0) is 20.6. The molecule has 2 N–H and O–H groups in total. The van der Waals surface area contributed by atoms with E-state index in [4.69, 9.17) is 4.74 Å². The molecule has 0 saturated carbocycles. The number of para-hydroxylation sites is 1. The van der Waals surface area contributed by atoms with Gasteiger partial charge in [0.25, 0.3) is 11.7 Å². The van der Waals surface area contributed by atoms with E-state index in [1.165, 1.54) is 35.6 Å². The zero-order valence-electron chi connectivity index (χ0n) is 14.3. The Morgan fingerprint density at radius 2 is 1.86 bits per heavy atom. The van der Waals surface area contributed by atoms with Crippen LogP contribution >= 0.6 is 11.3 Å². The van der Waals surface area contributed by atoms with Crippen LogP contribution in [0.2, 0.25) is 0 Å². The standard InChI is InChI=1S/C18H15F3N2O4S/c19-18(20,21)15(24)7-8-22-14-6-2-1-5-13(14)17(26)27-11-16(25)23-10-12-4-3-9-28-12/h1-9,22H,10-11H2,(H,23,25)/b8-7+. The molecule has 1 aromatic heterocycles. The maximum absolute atomic E-state index is 12.2. The summed E-state index contributed by atoms with van der Waals surface area (Å²) in [5, 5.41) is 6.88. The summed E-state index contributed by atoms with van der Waals surface area (Å²) in [6.07, 6.45) is -3.90. The molecule has 0 spiro atoms. The van der Waals surface area contributed by atoms with Gasteiger partial charge < -0.3 is 15.4 Å². The second-order valence-electron chi connectivity index (χ2n) is 5.32. The van der Waals surface area contributed by atoms with Gasteiger partial charge in [-0.05, 0) is 23.6 Å². The predicted molar refractivity (Wildman–Crippen MR) is 96.7 cm³/mol. The second kappa shape index (κ2) is 9.70. The van der Waals surface area contributed by atoms with E-state index in [1.807, 2.05) is 17.5 Å².